The Morgan fingerprint density at radius 1 is 0.919 bits per heavy atom. The summed E-state index contributed by atoms with van der Waals surface area (Å²) in [4.78, 5) is 14.4. The highest BCUT2D eigenvalue weighted by atomic mass is 32.1. The first-order valence-electron chi connectivity index (χ1n) is 12.5. The largest absolute Gasteiger partial charge is 0.364 e. The number of allylic oxidation sites excluding steroid dienone is 1. The van der Waals surface area contributed by atoms with Gasteiger partial charge < -0.3 is 10.1 Å². The van der Waals surface area contributed by atoms with E-state index in [1.807, 2.05) is 18.2 Å². The number of rotatable bonds is 5. The Balaban J connectivity index is 1.26. The molecule has 1 aromatic heterocycles. The van der Waals surface area contributed by atoms with Crippen LogP contribution >= 0.6 is 11.3 Å². The smallest absolute Gasteiger partial charge is 0.347 e. The third-order valence-corrected chi connectivity index (χ3v) is 8.46. The third kappa shape index (κ3) is 4.48. The summed E-state index contributed by atoms with van der Waals surface area (Å²) in [6.07, 6.45) is 6.67. The summed E-state index contributed by atoms with van der Waals surface area (Å²) in [5.41, 5.74) is 11.3. The standard InChI is InChI=1S/C31H28N2O3S/c1-36-19-32-31(34)33(35)24-7-4-6-22(18-24)29-15-16-30(37-29)23-11-12-26-21(17-23)10-14-27-25-8-3-2-5-20(25)9-13-28(26)27/h2-8,10,14-18,35H,9,11-13,19H2,1H3,(H,32,34). The van der Waals surface area contributed by atoms with Crippen molar-refractivity contribution in [2.75, 3.05) is 18.9 Å². The number of nitrogens with one attached hydrogen (secondary N) is 1. The number of hydrogen-bond acceptors (Lipinski definition) is 4. The zero-order valence-corrected chi connectivity index (χ0v) is 21.5. The van der Waals surface area contributed by atoms with E-state index in [1.54, 1.807) is 17.4 Å². The second-order valence-electron chi connectivity index (χ2n) is 9.43. The van der Waals surface area contributed by atoms with E-state index in [0.717, 1.165) is 36.1 Å². The van der Waals surface area contributed by atoms with Crippen molar-refractivity contribution < 1.29 is 14.7 Å². The average molecular weight is 509 g/mol. The predicted molar refractivity (Wildman–Crippen MR) is 150 cm³/mol. The predicted octanol–water partition coefficient (Wildman–Crippen LogP) is 7.18. The molecule has 0 aliphatic heterocycles. The fraction of sp³-hybridized carbons (Fsp3) is 0.194. The van der Waals surface area contributed by atoms with Crippen LogP contribution in [0, 0.1) is 0 Å². The number of urea groups is 1. The normalized spacial score (nSPS) is 13.7. The van der Waals surface area contributed by atoms with Crippen molar-refractivity contribution in [3.8, 4) is 21.6 Å². The monoisotopic (exact) mass is 508 g/mol. The number of amides is 2. The van der Waals surface area contributed by atoms with E-state index in [-0.39, 0.29) is 6.73 Å². The van der Waals surface area contributed by atoms with Crippen molar-refractivity contribution >= 4 is 34.7 Å². The highest BCUT2D eigenvalue weighted by Gasteiger charge is 2.23. The molecule has 37 heavy (non-hydrogen) atoms. The first-order valence-corrected chi connectivity index (χ1v) is 13.3. The molecule has 0 radical (unpaired) electrons. The van der Waals surface area contributed by atoms with Crippen molar-refractivity contribution in [1.82, 2.24) is 5.32 Å². The molecule has 0 unspecified atom stereocenters. The molecule has 0 bridgehead atoms. The molecular weight excluding hydrogens is 480 g/mol. The number of ether oxygens (including phenoxy) is 1. The van der Waals surface area contributed by atoms with Gasteiger partial charge in [0.25, 0.3) is 0 Å². The fourth-order valence-electron chi connectivity index (χ4n) is 5.44. The van der Waals surface area contributed by atoms with Crippen molar-refractivity contribution in [1.29, 1.82) is 0 Å². The maximum atomic E-state index is 12.1. The van der Waals surface area contributed by atoms with E-state index in [9.17, 15) is 10.0 Å². The van der Waals surface area contributed by atoms with Gasteiger partial charge in [-0.2, -0.15) is 5.06 Å². The molecule has 2 aliphatic carbocycles. The lowest BCUT2D eigenvalue weighted by molar-refractivity contribution is 0.160. The fourth-order valence-corrected chi connectivity index (χ4v) is 6.48. The number of aryl methyl sites for hydroxylation is 1. The number of carbonyl (C=O) groups excluding carboxylic acids is 1. The number of fused-ring (bicyclic) bond motifs is 5. The van der Waals surface area contributed by atoms with Gasteiger partial charge in [-0.1, -0.05) is 54.6 Å². The lowest BCUT2D eigenvalue weighted by Crippen LogP contribution is -2.38. The van der Waals surface area contributed by atoms with E-state index >= 15 is 0 Å². The Morgan fingerprint density at radius 2 is 1.76 bits per heavy atom. The van der Waals surface area contributed by atoms with Crippen molar-refractivity contribution in [3.63, 3.8) is 0 Å². The summed E-state index contributed by atoms with van der Waals surface area (Å²) < 4.78 is 4.84. The highest BCUT2D eigenvalue weighted by Crippen LogP contribution is 2.42. The topological polar surface area (TPSA) is 61.8 Å². The summed E-state index contributed by atoms with van der Waals surface area (Å²) in [5.74, 6) is 0. The van der Waals surface area contributed by atoms with Crippen LogP contribution < -0.4 is 10.4 Å². The zero-order valence-electron chi connectivity index (χ0n) is 20.7. The molecule has 6 rings (SSSR count). The Bertz CT molecular complexity index is 1520. The van der Waals surface area contributed by atoms with Crippen molar-refractivity contribution in [2.24, 2.45) is 0 Å². The Kier molecular flexibility index (Phi) is 6.38. The molecule has 186 valence electrons. The number of hydrogen-bond donors (Lipinski definition) is 2. The van der Waals surface area contributed by atoms with E-state index in [0.29, 0.717) is 10.8 Å². The number of benzene rings is 3. The van der Waals surface area contributed by atoms with Gasteiger partial charge in [0.2, 0.25) is 0 Å². The summed E-state index contributed by atoms with van der Waals surface area (Å²) in [7, 11) is 1.48. The molecule has 0 spiro atoms. The first-order chi connectivity index (χ1) is 18.1. The minimum atomic E-state index is -0.637. The van der Waals surface area contributed by atoms with Gasteiger partial charge in [-0.05, 0) is 94.5 Å². The number of carbonyl (C=O) groups is 1. The minimum Gasteiger partial charge on any atom is -0.364 e. The van der Waals surface area contributed by atoms with Crippen LogP contribution in [0.15, 0.2) is 72.8 Å². The average Bonchev–Trinajstić information content (AvgIpc) is 3.45. The molecule has 3 aromatic carbocycles. The first kappa shape index (κ1) is 23.7. The molecule has 0 saturated heterocycles. The van der Waals surface area contributed by atoms with Gasteiger partial charge >= 0.3 is 6.03 Å². The van der Waals surface area contributed by atoms with E-state index in [4.69, 9.17) is 4.74 Å². The molecular formula is C31H28N2O3S. The van der Waals surface area contributed by atoms with Gasteiger partial charge in [-0.3, -0.25) is 5.21 Å². The van der Waals surface area contributed by atoms with Crippen LogP contribution in [0.3, 0.4) is 0 Å². The molecule has 2 aliphatic rings. The third-order valence-electron chi connectivity index (χ3n) is 7.25. The van der Waals surface area contributed by atoms with Crippen LogP contribution in [0.25, 0.3) is 33.2 Å². The summed E-state index contributed by atoms with van der Waals surface area (Å²) in [6, 6.07) is 24.4. The Hall–Kier alpha value is -3.71. The maximum absolute atomic E-state index is 12.1. The number of methoxy groups -OCH3 is 1. The van der Waals surface area contributed by atoms with Gasteiger partial charge in [-0.15, -0.1) is 11.3 Å². The number of nitrogens with zero attached hydrogens (tertiary/aromatic N) is 1. The Labute approximate surface area is 220 Å². The molecule has 1 heterocycles. The Morgan fingerprint density at radius 3 is 2.65 bits per heavy atom. The van der Waals surface area contributed by atoms with Crippen LogP contribution in [0.2, 0.25) is 0 Å². The molecule has 2 amide bonds. The van der Waals surface area contributed by atoms with E-state index < -0.39 is 6.03 Å². The van der Waals surface area contributed by atoms with Gasteiger partial charge in [0, 0.05) is 16.9 Å². The second kappa shape index (κ2) is 9.98. The molecule has 0 fully saturated rings. The number of thiophene rings is 1. The zero-order chi connectivity index (χ0) is 25.4. The SMILES string of the molecule is COCNC(=O)N(O)c1cccc(-c2ccc(C3=Cc4ccc5c(c4CC3)CCc3ccccc3-5)s2)c1. The van der Waals surface area contributed by atoms with Crippen molar-refractivity contribution in [3.05, 3.63) is 99.9 Å². The molecule has 0 atom stereocenters. The summed E-state index contributed by atoms with van der Waals surface area (Å²) in [5, 5.41) is 13.4. The van der Waals surface area contributed by atoms with Crippen LogP contribution in [-0.2, 0) is 24.0 Å². The minimum absolute atomic E-state index is 0.0260. The summed E-state index contributed by atoms with van der Waals surface area (Å²) >= 11 is 1.74. The van der Waals surface area contributed by atoms with Gasteiger partial charge in [0.05, 0.1) is 5.69 Å². The van der Waals surface area contributed by atoms with E-state index in [2.05, 4.69) is 59.9 Å². The highest BCUT2D eigenvalue weighted by molar-refractivity contribution is 7.16. The lowest BCUT2D eigenvalue weighted by atomic mass is 9.78. The van der Waals surface area contributed by atoms with Crippen LogP contribution in [-0.4, -0.2) is 25.1 Å². The number of anilines is 1. The number of hydroxylamine groups is 1. The molecule has 6 heteroatoms. The lowest BCUT2D eigenvalue weighted by Gasteiger charge is -2.26. The van der Waals surface area contributed by atoms with Crippen LogP contribution in [0.4, 0.5) is 10.5 Å². The van der Waals surface area contributed by atoms with Crippen molar-refractivity contribution in [2.45, 2.75) is 25.7 Å². The quantitative estimate of drug-likeness (QED) is 0.171. The molecule has 2 N–H and O–H groups in total. The second-order valence-corrected chi connectivity index (χ2v) is 10.5. The molecule has 5 nitrogen and oxygen atoms in total. The van der Waals surface area contributed by atoms with Crippen LogP contribution in [0.5, 0.6) is 0 Å². The maximum Gasteiger partial charge on any atom is 0.347 e. The molecule has 4 aromatic rings. The van der Waals surface area contributed by atoms with Crippen LogP contribution in [0.1, 0.15) is 33.6 Å². The molecule has 0 saturated carbocycles. The van der Waals surface area contributed by atoms with Gasteiger partial charge in [-0.25, -0.2) is 4.79 Å². The van der Waals surface area contributed by atoms with E-state index in [1.165, 1.54) is 50.9 Å². The van der Waals surface area contributed by atoms with Gasteiger partial charge in [0.1, 0.15) is 6.73 Å². The van der Waals surface area contributed by atoms with Gasteiger partial charge in [0.15, 0.2) is 0 Å². The summed E-state index contributed by atoms with van der Waals surface area (Å²) in [6.45, 7) is 0.0260.